The van der Waals surface area contributed by atoms with Crippen molar-refractivity contribution >= 4 is 40.0 Å². The van der Waals surface area contributed by atoms with Crippen LogP contribution in [-0.4, -0.2) is 79.9 Å². The van der Waals surface area contributed by atoms with E-state index in [2.05, 4.69) is 16.9 Å². The number of ether oxygens (including phenoxy) is 3. The molecule has 1 aliphatic rings. The van der Waals surface area contributed by atoms with E-state index in [9.17, 15) is 9.59 Å². The lowest BCUT2D eigenvalue weighted by molar-refractivity contribution is -0.114. The molecule has 5 aromatic rings. The van der Waals surface area contributed by atoms with Crippen molar-refractivity contribution in [2.24, 2.45) is 0 Å². The number of nitrogens with one attached hydrogen (secondary N) is 1. The minimum absolute atomic E-state index is 0.0759. The summed E-state index contributed by atoms with van der Waals surface area (Å²) in [5.74, 6) is 0.761. The fraction of sp³-hybridized carbons (Fsp3) is 0.263. The van der Waals surface area contributed by atoms with Gasteiger partial charge >= 0.3 is 0 Å². The monoisotopic (exact) mass is 693 g/mol. The number of fused-ring (bicyclic) bond motifs is 2. The maximum absolute atomic E-state index is 15.6. The number of likely N-dealkylation sites (N-methyl/N-ethyl adjacent to an activating group) is 1. The molecule has 51 heavy (non-hydrogen) atoms. The van der Waals surface area contributed by atoms with Crippen LogP contribution >= 0.6 is 0 Å². The van der Waals surface area contributed by atoms with Gasteiger partial charge in [0.25, 0.3) is 11.5 Å². The Bertz CT molecular complexity index is 2170. The van der Waals surface area contributed by atoms with Gasteiger partial charge in [0.2, 0.25) is 5.95 Å². The van der Waals surface area contributed by atoms with E-state index in [1.54, 1.807) is 43.5 Å². The third-order valence-corrected chi connectivity index (χ3v) is 8.68. The lowest BCUT2D eigenvalue weighted by Crippen LogP contribution is -2.43. The normalized spacial score (nSPS) is 12.5. The number of methoxy groups -OCH3 is 2. The molecule has 3 aromatic carbocycles. The van der Waals surface area contributed by atoms with Crippen molar-refractivity contribution < 1.29 is 23.4 Å². The van der Waals surface area contributed by atoms with Crippen LogP contribution in [0.15, 0.2) is 84.3 Å². The Morgan fingerprint density at radius 2 is 1.86 bits per heavy atom. The summed E-state index contributed by atoms with van der Waals surface area (Å²) in [5.41, 5.74) is 3.50. The first kappa shape index (κ1) is 34.9. The number of halogens is 1. The van der Waals surface area contributed by atoms with Crippen LogP contribution in [0.4, 0.5) is 27.4 Å². The summed E-state index contributed by atoms with van der Waals surface area (Å²) in [6, 6.07) is 17.3. The molecule has 0 bridgehead atoms. The maximum Gasteiger partial charge on any atom is 0.280 e. The number of amides is 1. The van der Waals surface area contributed by atoms with Gasteiger partial charge < -0.3 is 34.2 Å². The molecule has 0 atom stereocenters. The lowest BCUT2D eigenvalue weighted by Gasteiger charge is -2.38. The Morgan fingerprint density at radius 3 is 2.59 bits per heavy atom. The number of benzene rings is 3. The predicted octanol–water partition coefficient (Wildman–Crippen LogP) is 5.47. The van der Waals surface area contributed by atoms with Crippen molar-refractivity contribution in [1.82, 2.24) is 19.4 Å². The number of para-hydroxylation sites is 1. The van der Waals surface area contributed by atoms with Gasteiger partial charge in [0, 0.05) is 55.5 Å². The van der Waals surface area contributed by atoms with Crippen LogP contribution in [0, 0.1) is 12.7 Å². The Morgan fingerprint density at radius 1 is 1.04 bits per heavy atom. The van der Waals surface area contributed by atoms with Crippen LogP contribution in [-0.2, 0) is 11.3 Å². The number of hydrogen-bond acceptors (Lipinski definition) is 10. The Kier molecular flexibility index (Phi) is 10.2. The second-order valence-corrected chi connectivity index (χ2v) is 12.2. The largest absolute Gasteiger partial charge is 0.497 e. The zero-order valence-corrected chi connectivity index (χ0v) is 29.3. The molecule has 1 aliphatic heterocycles. The van der Waals surface area contributed by atoms with Crippen LogP contribution in [0.3, 0.4) is 0 Å². The molecule has 264 valence electrons. The third kappa shape index (κ3) is 7.06. The van der Waals surface area contributed by atoms with E-state index in [0.29, 0.717) is 66.7 Å². The highest BCUT2D eigenvalue weighted by atomic mass is 19.1. The number of aromatic nitrogens is 3. The first-order valence-electron chi connectivity index (χ1n) is 16.4. The minimum atomic E-state index is -0.617. The maximum atomic E-state index is 15.6. The number of rotatable bonds is 12. The summed E-state index contributed by atoms with van der Waals surface area (Å²) >= 11 is 0. The van der Waals surface area contributed by atoms with Crippen molar-refractivity contribution in [3.63, 3.8) is 0 Å². The molecule has 0 aliphatic carbocycles. The van der Waals surface area contributed by atoms with E-state index < -0.39 is 11.4 Å². The van der Waals surface area contributed by atoms with Gasteiger partial charge in [-0.05, 0) is 69.1 Å². The summed E-state index contributed by atoms with van der Waals surface area (Å²) in [5, 5.41) is 3.77. The van der Waals surface area contributed by atoms with Gasteiger partial charge in [-0.15, -0.1) is 0 Å². The topological polar surface area (TPSA) is 114 Å². The number of hydrogen-bond donors (Lipinski definition) is 1. The van der Waals surface area contributed by atoms with Crippen LogP contribution in [0.5, 0.6) is 17.2 Å². The van der Waals surface area contributed by atoms with Gasteiger partial charge in [-0.2, -0.15) is 4.98 Å². The van der Waals surface area contributed by atoms with Crippen molar-refractivity contribution in [3.8, 4) is 22.9 Å². The molecule has 2 aromatic heterocycles. The van der Waals surface area contributed by atoms with E-state index >= 15 is 4.39 Å². The highest BCUT2D eigenvalue weighted by molar-refractivity contribution is 6.05. The van der Waals surface area contributed by atoms with Crippen molar-refractivity contribution in [2.45, 2.75) is 13.5 Å². The zero-order chi connectivity index (χ0) is 36.2. The molecule has 1 amide bonds. The highest BCUT2D eigenvalue weighted by Gasteiger charge is 2.30. The second kappa shape index (κ2) is 14.9. The number of carbonyl (C=O) groups is 1. The quantitative estimate of drug-likeness (QED) is 0.169. The molecule has 6 rings (SSSR count). The average molecular weight is 694 g/mol. The molecule has 12 nitrogen and oxygen atoms in total. The van der Waals surface area contributed by atoms with E-state index in [-0.39, 0.29) is 28.9 Å². The second-order valence-electron chi connectivity index (χ2n) is 12.2. The summed E-state index contributed by atoms with van der Waals surface area (Å²) in [6.07, 6.45) is 2.91. The molecule has 0 saturated heterocycles. The van der Waals surface area contributed by atoms with E-state index in [0.717, 1.165) is 11.1 Å². The molecular weight excluding hydrogens is 653 g/mol. The van der Waals surface area contributed by atoms with Gasteiger partial charge in [0.1, 0.15) is 23.8 Å². The van der Waals surface area contributed by atoms with Gasteiger partial charge in [-0.3, -0.25) is 14.2 Å². The fourth-order valence-corrected chi connectivity index (χ4v) is 6.08. The molecule has 13 heteroatoms. The van der Waals surface area contributed by atoms with Crippen LogP contribution < -0.4 is 34.9 Å². The van der Waals surface area contributed by atoms with Crippen molar-refractivity contribution in [2.75, 3.05) is 69.7 Å². The first-order chi connectivity index (χ1) is 24.6. The van der Waals surface area contributed by atoms with Crippen LogP contribution in [0.25, 0.3) is 16.7 Å². The Hall–Kier alpha value is -5.95. The summed E-state index contributed by atoms with van der Waals surface area (Å²) in [4.78, 5) is 42.3. The van der Waals surface area contributed by atoms with Gasteiger partial charge in [-0.1, -0.05) is 18.7 Å². The summed E-state index contributed by atoms with van der Waals surface area (Å²) < 4.78 is 33.5. The number of aryl methyl sites for hydroxylation is 1. The van der Waals surface area contributed by atoms with Gasteiger partial charge in [0.05, 0.1) is 31.3 Å². The van der Waals surface area contributed by atoms with Crippen molar-refractivity contribution in [3.05, 3.63) is 107 Å². The highest BCUT2D eigenvalue weighted by Crippen LogP contribution is 2.40. The standard InChI is InChI=1S/C38H40FN7O5/c1-7-34(47)45-16-15-44(30-10-8-9-24(2)35(30)45)31-19-26-23-41-38(40-22-25-11-13-28(49-5)21-33(25)50-6)42-36(26)46(37(31)48)27-12-14-32(29(39)20-27)51-18-17-43(3)4/h7-14,19-21,23H,1,15-18,22H2,2-6H3,(H,40,41,42). The SMILES string of the molecule is C=CC(=O)N1CCN(c2cc3cnc(NCc4ccc(OC)cc4OC)nc3n(-c3ccc(OCCN(C)C)c(F)c3)c2=O)c2cccc(C)c21. The molecule has 0 radical (unpaired) electrons. The van der Waals surface area contributed by atoms with Crippen LogP contribution in [0.1, 0.15) is 11.1 Å². The van der Waals surface area contributed by atoms with E-state index in [1.165, 1.54) is 22.8 Å². The number of carbonyl (C=O) groups excluding carboxylic acids is 1. The molecule has 0 saturated carbocycles. The average Bonchev–Trinajstić information content (AvgIpc) is 3.13. The number of nitrogens with zero attached hydrogens (tertiary/aromatic N) is 6. The zero-order valence-electron chi connectivity index (χ0n) is 29.3. The van der Waals surface area contributed by atoms with E-state index in [1.807, 2.05) is 61.2 Å². The van der Waals surface area contributed by atoms with Crippen LogP contribution in [0.2, 0.25) is 0 Å². The van der Waals surface area contributed by atoms with Crippen molar-refractivity contribution in [1.29, 1.82) is 0 Å². The molecule has 0 fully saturated rings. The summed E-state index contributed by atoms with van der Waals surface area (Å²) in [7, 11) is 6.98. The summed E-state index contributed by atoms with van der Waals surface area (Å²) in [6.45, 7) is 7.45. The fourth-order valence-electron chi connectivity index (χ4n) is 6.08. The number of pyridine rings is 1. The minimum Gasteiger partial charge on any atom is -0.497 e. The lowest BCUT2D eigenvalue weighted by atomic mass is 10.1. The third-order valence-electron chi connectivity index (χ3n) is 8.68. The Balaban J connectivity index is 1.46. The smallest absolute Gasteiger partial charge is 0.280 e. The molecule has 1 N–H and O–H groups in total. The first-order valence-corrected chi connectivity index (χ1v) is 16.4. The van der Waals surface area contributed by atoms with Gasteiger partial charge in [-0.25, -0.2) is 9.37 Å². The molecule has 0 spiro atoms. The molecule has 0 unspecified atom stereocenters. The molecular formula is C38H40FN7O5. The number of anilines is 4. The molecule has 3 heterocycles. The van der Waals surface area contributed by atoms with E-state index in [4.69, 9.17) is 19.2 Å². The Labute approximate surface area is 295 Å². The predicted molar refractivity (Wildman–Crippen MR) is 197 cm³/mol. The van der Waals surface area contributed by atoms with Gasteiger partial charge in [0.15, 0.2) is 17.2 Å².